The average Bonchev–Trinajstić information content (AvgIpc) is 2.91. The van der Waals surface area contributed by atoms with E-state index >= 15 is 0 Å². The molecule has 2 heterocycles. The molecule has 0 bridgehead atoms. The molecule has 1 aromatic heterocycles. The van der Waals surface area contributed by atoms with Crippen LogP contribution in [-0.4, -0.2) is 36.2 Å². The summed E-state index contributed by atoms with van der Waals surface area (Å²) in [6.07, 6.45) is 3.21. The van der Waals surface area contributed by atoms with Gasteiger partial charge in [-0.1, -0.05) is 18.5 Å². The first-order chi connectivity index (χ1) is 9.46. The molecule has 1 aromatic rings. The smallest absolute Gasteiger partial charge is 0.150 e. The summed E-state index contributed by atoms with van der Waals surface area (Å²) in [4.78, 5) is 0. The van der Waals surface area contributed by atoms with Crippen LogP contribution in [-0.2, 0) is 16.4 Å². The zero-order valence-corrected chi connectivity index (χ0v) is 13.5. The number of nitrogens with one attached hydrogen (secondary N) is 1. The number of aryl methyl sites for hydroxylation is 1. The minimum absolute atomic E-state index is 0.0632. The van der Waals surface area contributed by atoms with Crippen LogP contribution >= 0.6 is 11.6 Å². The van der Waals surface area contributed by atoms with Crippen molar-refractivity contribution in [1.29, 1.82) is 0 Å². The molecule has 0 spiro atoms. The summed E-state index contributed by atoms with van der Waals surface area (Å²) < 4.78 is 25.1. The van der Waals surface area contributed by atoms with Gasteiger partial charge in [-0.3, -0.25) is 4.68 Å². The van der Waals surface area contributed by atoms with E-state index in [1.54, 1.807) is 6.20 Å². The van der Waals surface area contributed by atoms with E-state index in [9.17, 15) is 8.42 Å². The Labute approximate surface area is 125 Å². The molecule has 7 heteroatoms. The van der Waals surface area contributed by atoms with Gasteiger partial charge in [0.1, 0.15) is 0 Å². The van der Waals surface area contributed by atoms with Gasteiger partial charge in [0, 0.05) is 6.54 Å². The molecule has 1 aliphatic rings. The second-order valence-corrected chi connectivity index (χ2v) is 7.94. The zero-order chi connectivity index (χ0) is 14.8. The summed E-state index contributed by atoms with van der Waals surface area (Å²) in [6.45, 7) is 5.64. The van der Waals surface area contributed by atoms with Crippen molar-refractivity contribution in [2.75, 3.05) is 18.1 Å². The van der Waals surface area contributed by atoms with Crippen molar-refractivity contribution >= 4 is 21.4 Å². The van der Waals surface area contributed by atoms with Gasteiger partial charge in [-0.2, -0.15) is 5.10 Å². The lowest BCUT2D eigenvalue weighted by Crippen LogP contribution is -2.26. The Morgan fingerprint density at radius 1 is 1.55 bits per heavy atom. The monoisotopic (exact) mass is 319 g/mol. The van der Waals surface area contributed by atoms with Crippen molar-refractivity contribution < 1.29 is 8.42 Å². The maximum Gasteiger partial charge on any atom is 0.150 e. The molecule has 0 amide bonds. The molecule has 114 valence electrons. The second kappa shape index (κ2) is 6.45. The number of nitrogens with zero attached hydrogens (tertiary/aromatic N) is 2. The van der Waals surface area contributed by atoms with Crippen molar-refractivity contribution in [1.82, 2.24) is 15.1 Å². The van der Waals surface area contributed by atoms with Gasteiger partial charge in [0.05, 0.1) is 34.5 Å². The van der Waals surface area contributed by atoms with E-state index in [0.717, 1.165) is 31.6 Å². The third-order valence-corrected chi connectivity index (χ3v) is 5.94. The minimum atomic E-state index is -2.83. The lowest BCUT2D eigenvalue weighted by atomic mass is 9.97. The van der Waals surface area contributed by atoms with Crippen molar-refractivity contribution in [2.45, 2.75) is 39.3 Å². The molecule has 2 unspecified atom stereocenters. The summed E-state index contributed by atoms with van der Waals surface area (Å²) in [6, 6.07) is 0.0632. The summed E-state index contributed by atoms with van der Waals surface area (Å²) in [5.74, 6) is 0.824. The fraction of sp³-hybridized carbons (Fsp3) is 0.769. The highest BCUT2D eigenvalue weighted by molar-refractivity contribution is 7.91. The molecular formula is C13H22ClN3O2S. The summed E-state index contributed by atoms with van der Waals surface area (Å²) in [5.41, 5.74) is 0.973. The van der Waals surface area contributed by atoms with E-state index in [1.165, 1.54) is 0 Å². The van der Waals surface area contributed by atoms with Crippen LogP contribution < -0.4 is 5.32 Å². The van der Waals surface area contributed by atoms with Crippen molar-refractivity contribution in [2.24, 2.45) is 5.92 Å². The zero-order valence-electron chi connectivity index (χ0n) is 12.0. The lowest BCUT2D eigenvalue weighted by molar-refractivity contribution is 0.398. The van der Waals surface area contributed by atoms with E-state index < -0.39 is 9.84 Å². The first kappa shape index (κ1) is 15.8. The number of hydrogen-bond acceptors (Lipinski definition) is 4. The average molecular weight is 320 g/mol. The quantitative estimate of drug-likeness (QED) is 0.871. The molecule has 2 rings (SSSR count). The molecule has 20 heavy (non-hydrogen) atoms. The normalized spacial score (nSPS) is 23.1. The molecule has 0 aliphatic carbocycles. The number of aromatic nitrogens is 2. The summed E-state index contributed by atoms with van der Waals surface area (Å²) in [7, 11) is -2.83. The van der Waals surface area contributed by atoms with E-state index in [2.05, 4.69) is 10.4 Å². The molecule has 1 aliphatic heterocycles. The molecular weight excluding hydrogens is 298 g/mol. The third kappa shape index (κ3) is 3.54. The Balaban J connectivity index is 2.17. The number of rotatable bonds is 6. The predicted octanol–water partition coefficient (Wildman–Crippen LogP) is 2.03. The van der Waals surface area contributed by atoms with E-state index in [1.807, 2.05) is 18.5 Å². The van der Waals surface area contributed by atoms with Gasteiger partial charge in [0.25, 0.3) is 0 Å². The fourth-order valence-corrected chi connectivity index (χ4v) is 5.05. The van der Waals surface area contributed by atoms with Crippen molar-refractivity contribution in [3.63, 3.8) is 0 Å². The van der Waals surface area contributed by atoms with Crippen LogP contribution in [0.25, 0.3) is 0 Å². The molecule has 1 saturated heterocycles. The molecule has 0 aromatic carbocycles. The molecule has 2 atom stereocenters. The Hall–Kier alpha value is -0.590. The first-order valence-electron chi connectivity index (χ1n) is 7.11. The number of sulfone groups is 1. The first-order valence-corrected chi connectivity index (χ1v) is 9.31. The van der Waals surface area contributed by atoms with Gasteiger partial charge in [-0.05, 0) is 32.2 Å². The Bertz CT molecular complexity index is 556. The number of hydrogen-bond donors (Lipinski definition) is 1. The topological polar surface area (TPSA) is 64.0 Å². The van der Waals surface area contributed by atoms with Crippen LogP contribution in [0.3, 0.4) is 0 Å². The van der Waals surface area contributed by atoms with E-state index in [-0.39, 0.29) is 12.0 Å². The van der Waals surface area contributed by atoms with Crippen LogP contribution in [0.2, 0.25) is 5.02 Å². The maximum absolute atomic E-state index is 11.6. The molecule has 1 N–H and O–H groups in total. The lowest BCUT2D eigenvalue weighted by Gasteiger charge is -2.22. The highest BCUT2D eigenvalue weighted by Crippen LogP contribution is 2.32. The van der Waals surface area contributed by atoms with Gasteiger partial charge in [-0.25, -0.2) is 8.42 Å². The van der Waals surface area contributed by atoms with E-state index in [0.29, 0.717) is 16.5 Å². The van der Waals surface area contributed by atoms with Gasteiger partial charge in [0.2, 0.25) is 0 Å². The highest BCUT2D eigenvalue weighted by atomic mass is 35.5. The van der Waals surface area contributed by atoms with Crippen LogP contribution in [0, 0.1) is 5.92 Å². The Kier molecular flexibility index (Phi) is 5.09. The van der Waals surface area contributed by atoms with Gasteiger partial charge in [-0.15, -0.1) is 0 Å². The Morgan fingerprint density at radius 3 is 2.85 bits per heavy atom. The number of halogens is 1. The Morgan fingerprint density at radius 2 is 2.30 bits per heavy atom. The van der Waals surface area contributed by atoms with Gasteiger partial charge >= 0.3 is 0 Å². The SMILES string of the molecule is CCNC(CC1CCS(=O)(=O)C1)c1c(Cl)cnn1CC. The van der Waals surface area contributed by atoms with Gasteiger partial charge < -0.3 is 5.32 Å². The molecule has 0 radical (unpaired) electrons. The predicted molar refractivity (Wildman–Crippen MR) is 80.7 cm³/mol. The minimum Gasteiger partial charge on any atom is -0.309 e. The molecule has 0 saturated carbocycles. The van der Waals surface area contributed by atoms with Crippen LogP contribution in [0.15, 0.2) is 6.20 Å². The molecule has 1 fully saturated rings. The van der Waals surface area contributed by atoms with Crippen LogP contribution in [0.4, 0.5) is 0 Å². The van der Waals surface area contributed by atoms with E-state index in [4.69, 9.17) is 11.6 Å². The van der Waals surface area contributed by atoms with Gasteiger partial charge in [0.15, 0.2) is 9.84 Å². The van der Waals surface area contributed by atoms with Crippen LogP contribution in [0.5, 0.6) is 0 Å². The molecule has 5 nitrogen and oxygen atoms in total. The second-order valence-electron chi connectivity index (χ2n) is 5.31. The maximum atomic E-state index is 11.6. The summed E-state index contributed by atoms with van der Waals surface area (Å²) >= 11 is 6.25. The third-order valence-electron chi connectivity index (χ3n) is 3.81. The van der Waals surface area contributed by atoms with Crippen molar-refractivity contribution in [3.8, 4) is 0 Å². The van der Waals surface area contributed by atoms with Crippen LogP contribution in [0.1, 0.15) is 38.4 Å². The standard InChI is InChI=1S/C13H22ClN3O2S/c1-3-15-12(7-10-5-6-20(18,19)9-10)13-11(14)8-16-17(13)4-2/h8,10,12,15H,3-7,9H2,1-2H3. The fourth-order valence-electron chi connectivity index (χ4n) is 2.90. The summed E-state index contributed by atoms with van der Waals surface area (Å²) in [5, 5.41) is 8.33. The van der Waals surface area contributed by atoms with Crippen molar-refractivity contribution in [3.05, 3.63) is 16.9 Å². The largest absolute Gasteiger partial charge is 0.309 e. The highest BCUT2D eigenvalue weighted by Gasteiger charge is 2.31.